The van der Waals surface area contributed by atoms with Gasteiger partial charge in [-0.25, -0.2) is 0 Å². The number of benzene rings is 1. The third kappa shape index (κ3) is 3.67. The van der Waals surface area contributed by atoms with E-state index in [1.165, 1.54) is 11.1 Å². The minimum Gasteiger partial charge on any atom is -0.381 e. The summed E-state index contributed by atoms with van der Waals surface area (Å²) in [4.78, 5) is 0. The van der Waals surface area contributed by atoms with Crippen molar-refractivity contribution in [1.82, 2.24) is 5.32 Å². The number of halogens is 1. The molecule has 4 heteroatoms. The predicted molar refractivity (Wildman–Crippen MR) is 89.2 cm³/mol. The van der Waals surface area contributed by atoms with Gasteiger partial charge in [-0.05, 0) is 52.9 Å². The first kappa shape index (κ1) is 15.0. The Morgan fingerprint density at radius 3 is 2.57 bits per heavy atom. The van der Waals surface area contributed by atoms with Crippen molar-refractivity contribution in [2.45, 2.75) is 24.8 Å². The average Bonchev–Trinajstić information content (AvgIpc) is 3.02. The summed E-state index contributed by atoms with van der Waals surface area (Å²) >= 11 is 7.78. The molecule has 0 amide bonds. The topological polar surface area (TPSA) is 21.3 Å². The first-order valence-electron chi connectivity index (χ1n) is 7.34. The highest BCUT2D eigenvalue weighted by Crippen LogP contribution is 2.35. The highest BCUT2D eigenvalue weighted by Gasteiger charge is 2.34. The molecule has 1 aliphatic heterocycles. The summed E-state index contributed by atoms with van der Waals surface area (Å²) < 4.78 is 5.57. The Hall–Kier alpha value is -0.870. The van der Waals surface area contributed by atoms with Crippen molar-refractivity contribution in [1.29, 1.82) is 0 Å². The van der Waals surface area contributed by atoms with Crippen LogP contribution in [0, 0.1) is 0 Å². The molecule has 2 heterocycles. The second-order valence-corrected chi connectivity index (χ2v) is 6.85. The molecule has 1 fully saturated rings. The lowest BCUT2D eigenvalue weighted by Gasteiger charge is -2.38. The van der Waals surface area contributed by atoms with Crippen LogP contribution in [0.1, 0.15) is 24.0 Å². The summed E-state index contributed by atoms with van der Waals surface area (Å²) in [6.45, 7) is 3.58. The first-order chi connectivity index (χ1) is 10.3. The maximum atomic E-state index is 6.03. The third-order valence-corrected chi connectivity index (χ3v) is 5.26. The van der Waals surface area contributed by atoms with E-state index in [1.807, 2.05) is 12.1 Å². The zero-order valence-electron chi connectivity index (χ0n) is 12.0. The summed E-state index contributed by atoms with van der Waals surface area (Å²) in [5, 5.41) is 8.75. The molecule has 1 aromatic heterocycles. The number of thiophene rings is 1. The van der Waals surface area contributed by atoms with Gasteiger partial charge in [0.15, 0.2) is 0 Å². The van der Waals surface area contributed by atoms with Gasteiger partial charge in [0.25, 0.3) is 0 Å². The molecule has 0 radical (unpaired) electrons. The fourth-order valence-corrected chi connectivity index (χ4v) is 3.77. The normalized spacial score (nSPS) is 17.8. The van der Waals surface area contributed by atoms with Gasteiger partial charge in [0.05, 0.1) is 0 Å². The molecule has 2 nitrogen and oxygen atoms in total. The number of ether oxygens (including phenoxy) is 1. The van der Waals surface area contributed by atoms with Gasteiger partial charge in [-0.2, -0.15) is 11.3 Å². The number of nitrogens with one attached hydrogen (secondary N) is 1. The van der Waals surface area contributed by atoms with E-state index in [0.717, 1.165) is 44.2 Å². The van der Waals surface area contributed by atoms with E-state index in [-0.39, 0.29) is 5.41 Å². The van der Waals surface area contributed by atoms with Crippen LogP contribution < -0.4 is 5.32 Å². The van der Waals surface area contributed by atoms with Crippen LogP contribution in [0.25, 0.3) is 0 Å². The van der Waals surface area contributed by atoms with Crippen LogP contribution in [0.5, 0.6) is 0 Å². The van der Waals surface area contributed by atoms with Crippen LogP contribution in [0.3, 0.4) is 0 Å². The molecule has 112 valence electrons. The maximum Gasteiger partial charge on any atom is 0.0475 e. The molecule has 0 aliphatic carbocycles. The van der Waals surface area contributed by atoms with Crippen molar-refractivity contribution in [3.05, 3.63) is 57.2 Å². The minimum atomic E-state index is 0.166. The van der Waals surface area contributed by atoms with E-state index in [0.29, 0.717) is 0 Å². The highest BCUT2D eigenvalue weighted by molar-refractivity contribution is 7.07. The van der Waals surface area contributed by atoms with Gasteiger partial charge in [0.2, 0.25) is 0 Å². The SMILES string of the molecule is Clc1ccc(C2(CNCc3ccsc3)CCOCC2)cc1. The molecule has 1 N–H and O–H groups in total. The smallest absolute Gasteiger partial charge is 0.0475 e. The van der Waals surface area contributed by atoms with Crippen LogP contribution in [-0.4, -0.2) is 19.8 Å². The molecular weight excluding hydrogens is 302 g/mol. The van der Waals surface area contributed by atoms with Crippen molar-refractivity contribution >= 4 is 22.9 Å². The van der Waals surface area contributed by atoms with Gasteiger partial charge >= 0.3 is 0 Å². The molecular formula is C17H20ClNOS. The largest absolute Gasteiger partial charge is 0.381 e. The zero-order valence-corrected chi connectivity index (χ0v) is 13.6. The lowest BCUT2D eigenvalue weighted by molar-refractivity contribution is 0.0498. The summed E-state index contributed by atoms with van der Waals surface area (Å²) in [6.07, 6.45) is 2.12. The van der Waals surface area contributed by atoms with E-state index in [1.54, 1.807) is 11.3 Å². The average molecular weight is 322 g/mol. The predicted octanol–water partition coefficient (Wildman–Crippen LogP) is 4.24. The summed E-state index contributed by atoms with van der Waals surface area (Å²) in [5.74, 6) is 0. The molecule has 2 aromatic rings. The molecule has 1 saturated heterocycles. The second-order valence-electron chi connectivity index (χ2n) is 5.63. The Labute approximate surface area is 135 Å². The van der Waals surface area contributed by atoms with Crippen LogP contribution >= 0.6 is 22.9 Å². The van der Waals surface area contributed by atoms with Gasteiger partial charge in [-0.15, -0.1) is 0 Å². The molecule has 1 aromatic carbocycles. The molecule has 0 unspecified atom stereocenters. The van der Waals surface area contributed by atoms with Crippen molar-refractivity contribution in [2.75, 3.05) is 19.8 Å². The van der Waals surface area contributed by atoms with Crippen molar-refractivity contribution < 1.29 is 4.74 Å². The minimum absolute atomic E-state index is 0.166. The Morgan fingerprint density at radius 1 is 1.14 bits per heavy atom. The standard InChI is InChI=1S/C17H20ClNOS/c18-16-3-1-15(2-4-16)17(6-8-20-9-7-17)13-19-11-14-5-10-21-12-14/h1-5,10,12,19H,6-9,11,13H2. The van der Waals surface area contributed by atoms with Gasteiger partial charge in [-0.1, -0.05) is 23.7 Å². The lowest BCUT2D eigenvalue weighted by Crippen LogP contribution is -2.42. The Balaban J connectivity index is 1.71. The molecule has 1 aliphatic rings. The van der Waals surface area contributed by atoms with Gasteiger partial charge in [0.1, 0.15) is 0 Å². The van der Waals surface area contributed by atoms with Crippen LogP contribution in [0.15, 0.2) is 41.1 Å². The quantitative estimate of drug-likeness (QED) is 0.889. The molecule has 0 spiro atoms. The van der Waals surface area contributed by atoms with E-state index in [2.05, 4.69) is 34.3 Å². The van der Waals surface area contributed by atoms with E-state index >= 15 is 0 Å². The molecule has 0 bridgehead atoms. The zero-order chi connectivity index (χ0) is 14.5. The molecule has 21 heavy (non-hydrogen) atoms. The van der Waals surface area contributed by atoms with Crippen LogP contribution in [-0.2, 0) is 16.7 Å². The Morgan fingerprint density at radius 2 is 1.90 bits per heavy atom. The van der Waals surface area contributed by atoms with Crippen molar-refractivity contribution in [3.8, 4) is 0 Å². The Bertz CT molecular complexity index is 547. The lowest BCUT2D eigenvalue weighted by atomic mass is 9.74. The summed E-state index contributed by atoms with van der Waals surface area (Å²) in [7, 11) is 0. The summed E-state index contributed by atoms with van der Waals surface area (Å²) in [5.41, 5.74) is 2.89. The molecule has 3 rings (SSSR count). The first-order valence-corrected chi connectivity index (χ1v) is 8.66. The Kier molecular flexibility index (Phi) is 4.96. The van der Waals surface area contributed by atoms with Crippen LogP contribution in [0.2, 0.25) is 5.02 Å². The maximum absolute atomic E-state index is 6.03. The van der Waals surface area contributed by atoms with Gasteiger partial charge in [0, 0.05) is 36.7 Å². The van der Waals surface area contributed by atoms with Gasteiger partial charge in [-0.3, -0.25) is 0 Å². The molecule has 0 saturated carbocycles. The number of hydrogen-bond acceptors (Lipinski definition) is 3. The number of hydrogen-bond donors (Lipinski definition) is 1. The molecule has 0 atom stereocenters. The van der Waals surface area contributed by atoms with Crippen molar-refractivity contribution in [2.24, 2.45) is 0 Å². The van der Waals surface area contributed by atoms with E-state index in [4.69, 9.17) is 16.3 Å². The van der Waals surface area contributed by atoms with Crippen LogP contribution in [0.4, 0.5) is 0 Å². The van der Waals surface area contributed by atoms with Gasteiger partial charge < -0.3 is 10.1 Å². The second kappa shape index (κ2) is 6.93. The van der Waals surface area contributed by atoms with E-state index < -0.39 is 0 Å². The highest BCUT2D eigenvalue weighted by atomic mass is 35.5. The summed E-state index contributed by atoms with van der Waals surface area (Å²) in [6, 6.07) is 10.5. The monoisotopic (exact) mass is 321 g/mol. The van der Waals surface area contributed by atoms with Crippen molar-refractivity contribution in [3.63, 3.8) is 0 Å². The number of rotatable bonds is 5. The van der Waals surface area contributed by atoms with E-state index in [9.17, 15) is 0 Å². The fourth-order valence-electron chi connectivity index (χ4n) is 2.97. The third-order valence-electron chi connectivity index (χ3n) is 4.28. The fraction of sp³-hybridized carbons (Fsp3) is 0.412.